The van der Waals surface area contributed by atoms with E-state index in [4.69, 9.17) is 21.1 Å². The highest BCUT2D eigenvalue weighted by Crippen LogP contribution is 2.34. The Morgan fingerprint density at radius 3 is 2.16 bits per heavy atom. The standard InChI is InChI=1S/C26H36ClN3O6S/c1-8-21(25(32)28-26(2,3)4)29(16-18-9-11-19(27)12-10-18)24(31)17-30(37(7,33)34)22-15-20(35-5)13-14-23(22)36-6/h9-15,21H,8,16-17H2,1-7H3,(H,28,32)/t21-/m0/s1. The van der Waals surface area contributed by atoms with Crippen LogP contribution in [0.3, 0.4) is 0 Å². The number of nitrogens with zero attached hydrogens (tertiary/aromatic N) is 2. The van der Waals surface area contributed by atoms with Crippen LogP contribution in [0, 0.1) is 0 Å². The number of nitrogens with one attached hydrogen (secondary N) is 1. The van der Waals surface area contributed by atoms with Crippen molar-refractivity contribution in [1.29, 1.82) is 0 Å². The van der Waals surface area contributed by atoms with E-state index in [0.29, 0.717) is 17.2 Å². The molecule has 0 aliphatic rings. The van der Waals surface area contributed by atoms with Gasteiger partial charge >= 0.3 is 0 Å². The second kappa shape index (κ2) is 12.5. The van der Waals surface area contributed by atoms with Gasteiger partial charge in [0.15, 0.2) is 0 Å². The number of amides is 2. The van der Waals surface area contributed by atoms with E-state index in [1.54, 1.807) is 43.3 Å². The first-order valence-corrected chi connectivity index (χ1v) is 14.0. The molecule has 0 aromatic heterocycles. The van der Waals surface area contributed by atoms with Gasteiger partial charge in [0.2, 0.25) is 21.8 Å². The number of methoxy groups -OCH3 is 2. The minimum Gasteiger partial charge on any atom is -0.497 e. The van der Waals surface area contributed by atoms with Crippen molar-refractivity contribution >= 4 is 39.1 Å². The van der Waals surface area contributed by atoms with Crippen molar-refractivity contribution in [2.24, 2.45) is 0 Å². The quantitative estimate of drug-likeness (QED) is 0.453. The summed E-state index contributed by atoms with van der Waals surface area (Å²) < 4.78 is 37.3. The maximum Gasteiger partial charge on any atom is 0.244 e. The molecule has 2 aromatic rings. The third kappa shape index (κ3) is 8.53. The van der Waals surface area contributed by atoms with Crippen molar-refractivity contribution < 1.29 is 27.5 Å². The Labute approximate surface area is 224 Å². The zero-order valence-corrected chi connectivity index (χ0v) is 23.9. The molecule has 0 unspecified atom stereocenters. The van der Waals surface area contributed by atoms with Gasteiger partial charge in [-0.3, -0.25) is 13.9 Å². The summed E-state index contributed by atoms with van der Waals surface area (Å²) in [6.07, 6.45) is 1.33. The molecule has 0 aliphatic heterocycles. The third-order valence-corrected chi connectivity index (χ3v) is 6.86. The summed E-state index contributed by atoms with van der Waals surface area (Å²) in [7, 11) is -1.07. The van der Waals surface area contributed by atoms with Gasteiger partial charge in [-0.1, -0.05) is 30.7 Å². The number of ether oxygens (including phenoxy) is 2. The van der Waals surface area contributed by atoms with Gasteiger partial charge in [0.1, 0.15) is 24.1 Å². The predicted octanol–water partition coefficient (Wildman–Crippen LogP) is 3.85. The van der Waals surface area contributed by atoms with E-state index >= 15 is 0 Å². The van der Waals surface area contributed by atoms with Crippen LogP contribution in [0.5, 0.6) is 11.5 Å². The molecule has 1 atom stereocenters. The van der Waals surface area contributed by atoms with E-state index < -0.39 is 34.1 Å². The van der Waals surface area contributed by atoms with Crippen molar-refractivity contribution in [3.05, 3.63) is 53.1 Å². The molecular formula is C26H36ClN3O6S. The van der Waals surface area contributed by atoms with Crippen molar-refractivity contribution in [1.82, 2.24) is 10.2 Å². The van der Waals surface area contributed by atoms with Crippen LogP contribution in [0.4, 0.5) is 5.69 Å². The lowest BCUT2D eigenvalue weighted by Crippen LogP contribution is -2.55. The van der Waals surface area contributed by atoms with Crippen LogP contribution in [0.25, 0.3) is 0 Å². The van der Waals surface area contributed by atoms with Crippen molar-refractivity contribution in [2.75, 3.05) is 31.3 Å². The number of carbonyl (C=O) groups excluding carboxylic acids is 2. The Morgan fingerprint density at radius 1 is 1.05 bits per heavy atom. The summed E-state index contributed by atoms with van der Waals surface area (Å²) in [5.41, 5.74) is 0.368. The fourth-order valence-corrected chi connectivity index (χ4v) is 4.72. The van der Waals surface area contributed by atoms with Crippen molar-refractivity contribution in [3.63, 3.8) is 0 Å². The van der Waals surface area contributed by atoms with Crippen LogP contribution in [-0.2, 0) is 26.2 Å². The number of hydrogen-bond donors (Lipinski definition) is 1. The minimum absolute atomic E-state index is 0.0823. The van der Waals surface area contributed by atoms with E-state index in [9.17, 15) is 18.0 Å². The number of rotatable bonds is 11. The normalized spacial score (nSPS) is 12.4. The van der Waals surface area contributed by atoms with Crippen LogP contribution in [0.2, 0.25) is 5.02 Å². The molecule has 37 heavy (non-hydrogen) atoms. The molecule has 2 rings (SSSR count). The monoisotopic (exact) mass is 553 g/mol. The van der Waals surface area contributed by atoms with E-state index in [0.717, 1.165) is 16.1 Å². The highest BCUT2D eigenvalue weighted by Gasteiger charge is 2.33. The summed E-state index contributed by atoms with van der Waals surface area (Å²) in [5.74, 6) is -0.241. The van der Waals surface area contributed by atoms with Gasteiger partial charge in [-0.25, -0.2) is 8.42 Å². The summed E-state index contributed by atoms with van der Waals surface area (Å²) in [6, 6.07) is 10.7. The van der Waals surface area contributed by atoms with Gasteiger partial charge in [0.05, 0.1) is 26.2 Å². The van der Waals surface area contributed by atoms with Crippen LogP contribution in [0.15, 0.2) is 42.5 Å². The van der Waals surface area contributed by atoms with E-state index in [1.807, 2.05) is 20.8 Å². The van der Waals surface area contributed by atoms with Gasteiger partial charge < -0.3 is 19.7 Å². The minimum atomic E-state index is -3.93. The number of carbonyl (C=O) groups is 2. The van der Waals surface area contributed by atoms with Crippen LogP contribution >= 0.6 is 11.6 Å². The van der Waals surface area contributed by atoms with Gasteiger partial charge in [0, 0.05) is 23.2 Å². The molecule has 204 valence electrons. The fraction of sp³-hybridized carbons (Fsp3) is 0.462. The molecule has 9 nitrogen and oxygen atoms in total. The number of anilines is 1. The molecule has 0 fully saturated rings. The number of benzene rings is 2. The van der Waals surface area contributed by atoms with Gasteiger partial charge in [-0.15, -0.1) is 0 Å². The van der Waals surface area contributed by atoms with Crippen LogP contribution in [-0.4, -0.2) is 63.7 Å². The maximum absolute atomic E-state index is 13.8. The summed E-state index contributed by atoms with van der Waals surface area (Å²) in [4.78, 5) is 28.4. The van der Waals surface area contributed by atoms with Crippen LogP contribution in [0.1, 0.15) is 39.7 Å². The molecule has 0 spiro atoms. The number of halogens is 1. The lowest BCUT2D eigenvalue weighted by atomic mass is 10.1. The van der Waals surface area contributed by atoms with Crippen molar-refractivity contribution in [2.45, 2.75) is 52.2 Å². The molecule has 0 heterocycles. The smallest absolute Gasteiger partial charge is 0.244 e. The molecule has 2 aromatic carbocycles. The molecule has 11 heteroatoms. The van der Waals surface area contributed by atoms with Crippen LogP contribution < -0.4 is 19.1 Å². The largest absolute Gasteiger partial charge is 0.497 e. The van der Waals surface area contributed by atoms with Gasteiger partial charge in [-0.05, 0) is 57.0 Å². The molecule has 0 radical (unpaired) electrons. The fourth-order valence-electron chi connectivity index (χ4n) is 3.75. The average molecular weight is 554 g/mol. The van der Waals surface area contributed by atoms with E-state index in [-0.39, 0.29) is 23.9 Å². The lowest BCUT2D eigenvalue weighted by Gasteiger charge is -2.34. The first-order valence-electron chi connectivity index (χ1n) is 11.8. The molecule has 0 saturated heterocycles. The summed E-state index contributed by atoms with van der Waals surface area (Å²) in [5, 5.41) is 3.46. The number of sulfonamides is 1. The van der Waals surface area contributed by atoms with Gasteiger partial charge in [0.25, 0.3) is 0 Å². The Bertz CT molecular complexity index is 1200. The first kappa shape index (κ1) is 30.2. The summed E-state index contributed by atoms with van der Waals surface area (Å²) in [6.45, 7) is 6.89. The molecule has 0 saturated carbocycles. The SMILES string of the molecule is CC[C@@H](C(=O)NC(C)(C)C)N(Cc1ccc(Cl)cc1)C(=O)CN(c1cc(OC)ccc1OC)S(C)(=O)=O. The predicted molar refractivity (Wildman–Crippen MR) is 146 cm³/mol. The second-order valence-corrected chi connectivity index (χ2v) is 12.0. The van der Waals surface area contributed by atoms with Gasteiger partial charge in [-0.2, -0.15) is 0 Å². The molecule has 1 N–H and O–H groups in total. The highest BCUT2D eigenvalue weighted by molar-refractivity contribution is 7.92. The Morgan fingerprint density at radius 2 is 1.68 bits per heavy atom. The Hall–Kier alpha value is -2.98. The maximum atomic E-state index is 13.8. The summed E-state index contributed by atoms with van der Waals surface area (Å²) >= 11 is 6.02. The first-order chi connectivity index (χ1) is 17.2. The average Bonchev–Trinajstić information content (AvgIpc) is 2.81. The zero-order valence-electron chi connectivity index (χ0n) is 22.4. The molecule has 0 bridgehead atoms. The molecule has 2 amide bonds. The van der Waals surface area contributed by atoms with E-state index in [2.05, 4.69) is 5.32 Å². The third-order valence-electron chi connectivity index (χ3n) is 5.48. The lowest BCUT2D eigenvalue weighted by molar-refractivity contribution is -0.141. The Balaban J connectivity index is 2.54. The second-order valence-electron chi connectivity index (χ2n) is 9.62. The molecule has 0 aliphatic carbocycles. The van der Waals surface area contributed by atoms with E-state index in [1.165, 1.54) is 25.2 Å². The zero-order chi connectivity index (χ0) is 28.0. The Kier molecular flexibility index (Phi) is 10.2. The highest BCUT2D eigenvalue weighted by atomic mass is 35.5. The molecular weight excluding hydrogens is 518 g/mol. The van der Waals surface area contributed by atoms with Crippen molar-refractivity contribution in [3.8, 4) is 11.5 Å². The topological polar surface area (TPSA) is 105 Å². The number of hydrogen-bond acceptors (Lipinski definition) is 6.